The number of pyridine rings is 1. The largest absolute Gasteiger partial charge is 0.385 e. The van der Waals surface area contributed by atoms with Crippen LogP contribution in [0, 0.1) is 5.82 Å². The van der Waals surface area contributed by atoms with Crippen LogP contribution < -0.4 is 10.6 Å². The van der Waals surface area contributed by atoms with E-state index < -0.39 is 11.7 Å². The number of hydrogen-bond donors (Lipinski definition) is 2. The van der Waals surface area contributed by atoms with Gasteiger partial charge in [-0.2, -0.15) is 0 Å². The minimum atomic E-state index is -0.642. The molecule has 1 unspecified atom stereocenters. The summed E-state index contributed by atoms with van der Waals surface area (Å²) in [6.45, 7) is 2.39. The van der Waals surface area contributed by atoms with Gasteiger partial charge in [0.15, 0.2) is 11.6 Å². The van der Waals surface area contributed by atoms with E-state index >= 15 is 0 Å². The van der Waals surface area contributed by atoms with Crippen molar-refractivity contribution in [3.63, 3.8) is 0 Å². The van der Waals surface area contributed by atoms with E-state index in [1.165, 1.54) is 12.3 Å². The summed E-state index contributed by atoms with van der Waals surface area (Å²) in [7, 11) is 3.14. The third-order valence-corrected chi connectivity index (χ3v) is 2.50. The van der Waals surface area contributed by atoms with Gasteiger partial charge in [0.1, 0.15) is 0 Å². The number of aromatic nitrogens is 1. The Morgan fingerprint density at radius 3 is 2.94 bits per heavy atom. The summed E-state index contributed by atoms with van der Waals surface area (Å²) in [5.41, 5.74) is -0.0152. The third-order valence-electron chi connectivity index (χ3n) is 2.50. The lowest BCUT2D eigenvalue weighted by Gasteiger charge is -2.14. The third kappa shape index (κ3) is 3.66. The zero-order valence-electron chi connectivity index (χ0n) is 10.8. The summed E-state index contributed by atoms with van der Waals surface area (Å²) >= 11 is 0. The lowest BCUT2D eigenvalue weighted by Crippen LogP contribution is -2.34. The van der Waals surface area contributed by atoms with Crippen molar-refractivity contribution in [3.05, 3.63) is 23.6 Å². The highest BCUT2D eigenvalue weighted by Crippen LogP contribution is 2.14. The summed E-state index contributed by atoms with van der Waals surface area (Å²) in [6, 6.07) is 1.28. The van der Waals surface area contributed by atoms with Crippen LogP contribution in [0.4, 0.5) is 10.2 Å². The van der Waals surface area contributed by atoms with Gasteiger partial charge in [-0.15, -0.1) is 0 Å². The number of amides is 1. The first kappa shape index (κ1) is 14.4. The SMILES string of the molecule is CNc1nccc(C(=O)NC(C)CCOC)c1F. The molecule has 0 aromatic carbocycles. The van der Waals surface area contributed by atoms with E-state index in [0.717, 1.165) is 0 Å². The van der Waals surface area contributed by atoms with Gasteiger partial charge in [-0.05, 0) is 19.4 Å². The molecular formula is C12H18FN3O2. The molecular weight excluding hydrogens is 237 g/mol. The number of anilines is 1. The van der Waals surface area contributed by atoms with E-state index in [9.17, 15) is 9.18 Å². The Hall–Kier alpha value is -1.69. The van der Waals surface area contributed by atoms with Crippen molar-refractivity contribution in [3.8, 4) is 0 Å². The van der Waals surface area contributed by atoms with Crippen LogP contribution in [0.1, 0.15) is 23.7 Å². The van der Waals surface area contributed by atoms with Gasteiger partial charge >= 0.3 is 0 Å². The standard InChI is InChI=1S/C12H18FN3O2/c1-8(5-7-18-3)16-12(17)9-4-6-15-11(14-2)10(9)13/h4,6,8H,5,7H2,1-3H3,(H,14,15)(H,16,17). The number of hydrogen-bond acceptors (Lipinski definition) is 4. The van der Waals surface area contributed by atoms with Gasteiger partial charge in [0.2, 0.25) is 0 Å². The van der Waals surface area contributed by atoms with Crippen LogP contribution in [0.3, 0.4) is 0 Å². The molecule has 1 atom stereocenters. The molecule has 2 N–H and O–H groups in total. The second-order valence-electron chi connectivity index (χ2n) is 3.93. The van der Waals surface area contributed by atoms with Gasteiger partial charge in [-0.1, -0.05) is 0 Å². The highest BCUT2D eigenvalue weighted by molar-refractivity contribution is 5.95. The molecule has 0 aliphatic carbocycles. The number of methoxy groups -OCH3 is 1. The zero-order valence-corrected chi connectivity index (χ0v) is 10.8. The van der Waals surface area contributed by atoms with Crippen molar-refractivity contribution in [2.75, 3.05) is 26.1 Å². The molecule has 1 aromatic heterocycles. The molecule has 6 heteroatoms. The van der Waals surface area contributed by atoms with Gasteiger partial charge in [0.05, 0.1) is 5.56 Å². The maximum atomic E-state index is 13.8. The van der Waals surface area contributed by atoms with Crippen LogP contribution >= 0.6 is 0 Å². The number of rotatable bonds is 6. The molecule has 5 nitrogen and oxygen atoms in total. The minimum absolute atomic E-state index is 0.0152. The number of ether oxygens (including phenoxy) is 1. The lowest BCUT2D eigenvalue weighted by molar-refractivity contribution is 0.0925. The predicted octanol–water partition coefficient (Wildman–Crippen LogP) is 1.42. The fourth-order valence-electron chi connectivity index (χ4n) is 1.46. The topological polar surface area (TPSA) is 63.2 Å². The van der Waals surface area contributed by atoms with Crippen molar-refractivity contribution >= 4 is 11.7 Å². The Kier molecular flexibility index (Phi) is 5.51. The number of nitrogens with zero attached hydrogens (tertiary/aromatic N) is 1. The Labute approximate surface area is 106 Å². The Balaban J connectivity index is 2.72. The smallest absolute Gasteiger partial charge is 0.254 e. The Morgan fingerprint density at radius 1 is 1.61 bits per heavy atom. The van der Waals surface area contributed by atoms with Crippen LogP contribution in [-0.4, -0.2) is 37.7 Å². The second kappa shape index (κ2) is 6.90. The van der Waals surface area contributed by atoms with Gasteiger partial charge in [0.25, 0.3) is 5.91 Å². The first-order chi connectivity index (χ1) is 8.60. The first-order valence-electron chi connectivity index (χ1n) is 5.72. The molecule has 0 saturated carbocycles. The summed E-state index contributed by atoms with van der Waals surface area (Å²) < 4.78 is 18.7. The Bertz CT molecular complexity index is 412. The summed E-state index contributed by atoms with van der Waals surface area (Å²) in [5.74, 6) is -1.03. The number of halogens is 1. The molecule has 0 aliphatic heterocycles. The summed E-state index contributed by atoms with van der Waals surface area (Å²) in [5, 5.41) is 5.30. The molecule has 0 bridgehead atoms. The summed E-state index contributed by atoms with van der Waals surface area (Å²) in [4.78, 5) is 15.6. The molecule has 18 heavy (non-hydrogen) atoms. The fourth-order valence-corrected chi connectivity index (χ4v) is 1.46. The fraction of sp³-hybridized carbons (Fsp3) is 0.500. The molecule has 100 valence electrons. The minimum Gasteiger partial charge on any atom is -0.385 e. The molecule has 0 aliphatic rings. The predicted molar refractivity (Wildman–Crippen MR) is 67.2 cm³/mol. The molecule has 0 spiro atoms. The monoisotopic (exact) mass is 255 g/mol. The summed E-state index contributed by atoms with van der Waals surface area (Å²) in [6.07, 6.45) is 2.07. The average Bonchev–Trinajstić information content (AvgIpc) is 2.36. The van der Waals surface area contributed by atoms with Gasteiger partial charge in [-0.25, -0.2) is 9.37 Å². The van der Waals surface area contributed by atoms with Gasteiger partial charge in [-0.3, -0.25) is 4.79 Å². The Morgan fingerprint density at radius 2 is 2.33 bits per heavy atom. The zero-order chi connectivity index (χ0) is 13.5. The molecule has 1 aromatic rings. The average molecular weight is 255 g/mol. The van der Waals surface area contributed by atoms with Crippen molar-refractivity contribution in [1.29, 1.82) is 0 Å². The van der Waals surface area contributed by atoms with E-state index in [4.69, 9.17) is 4.74 Å². The van der Waals surface area contributed by atoms with Crippen LogP contribution in [0.2, 0.25) is 0 Å². The van der Waals surface area contributed by atoms with Crippen molar-refractivity contribution in [1.82, 2.24) is 10.3 Å². The van der Waals surface area contributed by atoms with Crippen molar-refractivity contribution in [2.45, 2.75) is 19.4 Å². The number of carbonyl (C=O) groups is 1. The maximum Gasteiger partial charge on any atom is 0.254 e. The van der Waals surface area contributed by atoms with E-state index in [1.54, 1.807) is 14.2 Å². The molecule has 0 radical (unpaired) electrons. The second-order valence-corrected chi connectivity index (χ2v) is 3.93. The van der Waals surface area contributed by atoms with E-state index in [0.29, 0.717) is 13.0 Å². The van der Waals surface area contributed by atoms with Crippen LogP contribution in [-0.2, 0) is 4.74 Å². The van der Waals surface area contributed by atoms with E-state index in [-0.39, 0.29) is 17.4 Å². The normalized spacial score (nSPS) is 12.0. The van der Waals surface area contributed by atoms with Crippen LogP contribution in [0.25, 0.3) is 0 Å². The molecule has 0 saturated heterocycles. The molecule has 1 rings (SSSR count). The number of carbonyl (C=O) groups excluding carboxylic acids is 1. The quantitative estimate of drug-likeness (QED) is 0.807. The van der Waals surface area contributed by atoms with E-state index in [1.807, 2.05) is 6.92 Å². The first-order valence-corrected chi connectivity index (χ1v) is 5.72. The number of nitrogens with one attached hydrogen (secondary N) is 2. The lowest BCUT2D eigenvalue weighted by atomic mass is 10.2. The van der Waals surface area contributed by atoms with Gasteiger partial charge < -0.3 is 15.4 Å². The highest BCUT2D eigenvalue weighted by Gasteiger charge is 2.16. The molecule has 0 fully saturated rings. The van der Waals surface area contributed by atoms with Gasteiger partial charge in [0, 0.05) is 33.0 Å². The van der Waals surface area contributed by atoms with Crippen molar-refractivity contribution < 1.29 is 13.9 Å². The van der Waals surface area contributed by atoms with Crippen LogP contribution in [0.5, 0.6) is 0 Å². The molecule has 1 heterocycles. The maximum absolute atomic E-state index is 13.8. The highest BCUT2D eigenvalue weighted by atomic mass is 19.1. The van der Waals surface area contributed by atoms with Crippen molar-refractivity contribution in [2.24, 2.45) is 0 Å². The van der Waals surface area contributed by atoms with E-state index in [2.05, 4.69) is 15.6 Å². The van der Waals surface area contributed by atoms with Crippen LogP contribution in [0.15, 0.2) is 12.3 Å². The molecule has 1 amide bonds.